The zero-order valence-electron chi connectivity index (χ0n) is 15.9. The first-order valence-electron chi connectivity index (χ1n) is 8.63. The third kappa shape index (κ3) is 4.48. The van der Waals surface area contributed by atoms with E-state index >= 15 is 0 Å². The molecule has 0 aromatic heterocycles. The molecule has 1 aliphatic rings. The highest BCUT2D eigenvalue weighted by Gasteiger charge is 2.36. The number of imide groups is 1. The molecule has 0 aliphatic carbocycles. The van der Waals surface area contributed by atoms with Crippen LogP contribution in [0.4, 0.5) is 29.3 Å². The van der Waals surface area contributed by atoms with Crippen LogP contribution in [0.5, 0.6) is 0 Å². The number of rotatable bonds is 5. The van der Waals surface area contributed by atoms with Gasteiger partial charge in [0.05, 0.1) is 10.6 Å². The van der Waals surface area contributed by atoms with E-state index in [2.05, 4.69) is 0 Å². The Kier molecular flexibility index (Phi) is 6.16. The van der Waals surface area contributed by atoms with Crippen molar-refractivity contribution in [2.24, 2.45) is 0 Å². The molecule has 1 fully saturated rings. The lowest BCUT2D eigenvalue weighted by atomic mass is 10.2. The maximum atomic E-state index is 13.7. The van der Waals surface area contributed by atoms with Gasteiger partial charge >= 0.3 is 0 Å². The second-order valence-electron chi connectivity index (χ2n) is 6.52. The molecule has 1 aliphatic heterocycles. The molecule has 3 amide bonds. The van der Waals surface area contributed by atoms with E-state index in [4.69, 9.17) is 0 Å². The van der Waals surface area contributed by atoms with E-state index in [1.807, 2.05) is 36.4 Å². The van der Waals surface area contributed by atoms with E-state index in [0.717, 1.165) is 11.8 Å². The number of anilines is 2. The van der Waals surface area contributed by atoms with Crippen LogP contribution in [-0.2, 0) is 9.59 Å². The topological polar surface area (TPSA) is 69.7 Å². The van der Waals surface area contributed by atoms with Gasteiger partial charge in [-0.05, 0) is 47.7 Å². The summed E-state index contributed by atoms with van der Waals surface area (Å²) in [4.78, 5) is 39.5. The minimum absolute atomic E-state index is 0.129. The fraction of sp³-hybridized carbons (Fsp3) is 0.150. The van der Waals surface area contributed by atoms with Gasteiger partial charge in [0, 0.05) is 19.8 Å². The number of halogens is 3. The summed E-state index contributed by atoms with van der Waals surface area (Å²) in [6.07, 6.45) is 1.53. The van der Waals surface area contributed by atoms with Gasteiger partial charge in [0.15, 0.2) is 17.5 Å². The van der Waals surface area contributed by atoms with Gasteiger partial charge in [-0.2, -0.15) is 0 Å². The average molecular weight is 435 g/mol. The summed E-state index contributed by atoms with van der Waals surface area (Å²) in [5, 5.41) is 1.36. The lowest BCUT2D eigenvalue weighted by Crippen LogP contribution is -2.36. The molecule has 156 valence electrons. The van der Waals surface area contributed by atoms with Crippen molar-refractivity contribution in [1.82, 2.24) is 4.90 Å². The number of hydrogen-bond donors (Lipinski definition) is 1. The molecular weight excluding hydrogens is 419 g/mol. The Bertz CT molecular complexity index is 1060. The third-order valence-electron chi connectivity index (χ3n) is 4.19. The van der Waals surface area contributed by atoms with E-state index in [9.17, 15) is 27.6 Å². The van der Waals surface area contributed by atoms with Crippen LogP contribution in [0, 0.1) is 17.5 Å². The Hall–Kier alpha value is -3.27. The number of thioether (sulfide) groups is 1. The third-order valence-corrected chi connectivity index (χ3v) is 5.10. The summed E-state index contributed by atoms with van der Waals surface area (Å²) < 4.78 is 39.9. The maximum Gasteiger partial charge on any atom is 0.294 e. The molecule has 10 heteroatoms. The number of nitrogens with one attached hydrogen (secondary N) is 1. The molecule has 30 heavy (non-hydrogen) atoms. The molecule has 0 saturated carbocycles. The number of hydrogen-bond acceptors (Lipinski definition) is 5. The molecule has 0 atom stereocenters. The Balaban J connectivity index is 1.70. The molecule has 1 heterocycles. The normalized spacial score (nSPS) is 15.1. The van der Waals surface area contributed by atoms with Crippen molar-refractivity contribution in [3.63, 3.8) is 0 Å². The average Bonchev–Trinajstić information content (AvgIpc) is 2.96. The number of benzene rings is 2. The van der Waals surface area contributed by atoms with Crippen LogP contribution >= 0.6 is 11.8 Å². The Morgan fingerprint density at radius 2 is 1.73 bits per heavy atom. The number of amides is 3. The van der Waals surface area contributed by atoms with E-state index in [0.29, 0.717) is 28.3 Å². The van der Waals surface area contributed by atoms with Gasteiger partial charge in [-0.3, -0.25) is 19.3 Å². The molecule has 2 aromatic carbocycles. The van der Waals surface area contributed by atoms with Crippen LogP contribution < -0.4 is 10.2 Å². The summed E-state index contributed by atoms with van der Waals surface area (Å²) in [5.74, 6) is -6.32. The van der Waals surface area contributed by atoms with E-state index in [1.54, 1.807) is 12.1 Å². The summed E-state index contributed by atoms with van der Waals surface area (Å²) in [6.45, 7) is -0.694. The van der Waals surface area contributed by atoms with Crippen molar-refractivity contribution in [2.75, 3.05) is 30.9 Å². The number of carbonyl (C=O) groups excluding carboxylic acids is 3. The second-order valence-corrected chi connectivity index (χ2v) is 7.52. The first-order chi connectivity index (χ1) is 14.2. The predicted molar refractivity (Wildman–Crippen MR) is 108 cm³/mol. The molecular formula is C20H16F3N3O3S. The summed E-state index contributed by atoms with van der Waals surface area (Å²) in [7, 11) is 3.77. The second kappa shape index (κ2) is 8.62. The smallest absolute Gasteiger partial charge is 0.294 e. The van der Waals surface area contributed by atoms with Gasteiger partial charge in [0.1, 0.15) is 6.54 Å². The molecule has 1 saturated heterocycles. The number of nitrogens with zero attached hydrogens (tertiary/aromatic N) is 2. The molecule has 0 unspecified atom stereocenters. The molecule has 2 aromatic rings. The van der Waals surface area contributed by atoms with Crippen LogP contribution in [0.3, 0.4) is 0 Å². The van der Waals surface area contributed by atoms with Crippen LogP contribution in [0.2, 0.25) is 0 Å². The maximum absolute atomic E-state index is 13.7. The van der Waals surface area contributed by atoms with Crippen molar-refractivity contribution >= 4 is 46.3 Å². The molecule has 1 N–H and O–H groups in total. The first-order valence-corrected chi connectivity index (χ1v) is 9.45. The lowest BCUT2D eigenvalue weighted by Gasteiger charge is -2.13. The Morgan fingerprint density at radius 1 is 1.07 bits per heavy atom. The summed E-state index contributed by atoms with van der Waals surface area (Å²) in [5.41, 5.74) is 1.06. The van der Waals surface area contributed by atoms with Crippen molar-refractivity contribution < 1.29 is 27.6 Å². The minimum atomic E-state index is -1.73. The summed E-state index contributed by atoms with van der Waals surface area (Å²) in [6, 6.07) is 8.75. The quantitative estimate of drug-likeness (QED) is 0.571. The zero-order chi connectivity index (χ0) is 22.0. The van der Waals surface area contributed by atoms with Gasteiger partial charge in [0.2, 0.25) is 5.91 Å². The zero-order valence-corrected chi connectivity index (χ0v) is 16.7. The predicted octanol–water partition coefficient (Wildman–Crippen LogP) is 3.84. The number of carbonyl (C=O) groups is 3. The van der Waals surface area contributed by atoms with Crippen LogP contribution in [0.25, 0.3) is 6.08 Å². The van der Waals surface area contributed by atoms with Crippen molar-refractivity contribution in [2.45, 2.75) is 0 Å². The Morgan fingerprint density at radius 3 is 2.37 bits per heavy atom. The highest BCUT2D eigenvalue weighted by molar-refractivity contribution is 8.18. The van der Waals surface area contributed by atoms with E-state index < -0.39 is 46.7 Å². The highest BCUT2D eigenvalue weighted by atomic mass is 32.2. The van der Waals surface area contributed by atoms with Crippen molar-refractivity contribution in [1.29, 1.82) is 0 Å². The highest BCUT2D eigenvalue weighted by Crippen LogP contribution is 2.32. The van der Waals surface area contributed by atoms with Crippen LogP contribution in [0.1, 0.15) is 5.56 Å². The summed E-state index contributed by atoms with van der Waals surface area (Å²) >= 11 is 0.667. The molecule has 0 spiro atoms. The SMILES string of the molecule is CN(C)c1ccc(/C=C2/SC(=O)N(CC(=O)Nc3ccc(F)c(F)c3F)C2=O)cc1. The monoisotopic (exact) mass is 435 g/mol. The van der Waals surface area contributed by atoms with Crippen molar-refractivity contribution in [3.05, 3.63) is 64.3 Å². The van der Waals surface area contributed by atoms with Gasteiger partial charge in [-0.15, -0.1) is 0 Å². The van der Waals surface area contributed by atoms with Crippen LogP contribution in [-0.4, -0.2) is 42.6 Å². The van der Waals surface area contributed by atoms with E-state index in [1.165, 1.54) is 6.08 Å². The fourth-order valence-electron chi connectivity index (χ4n) is 2.61. The Labute approximate surface area is 174 Å². The van der Waals surface area contributed by atoms with Gasteiger partial charge < -0.3 is 10.2 Å². The van der Waals surface area contributed by atoms with Gasteiger partial charge in [-0.1, -0.05) is 12.1 Å². The standard InChI is InChI=1S/C20H16F3N3O3S/c1-25(2)12-5-3-11(4-6-12)9-15-19(28)26(20(29)30-15)10-16(27)24-14-8-7-13(21)17(22)18(14)23/h3-9H,10H2,1-2H3,(H,24,27)/b15-9+. The van der Waals surface area contributed by atoms with Gasteiger partial charge in [-0.25, -0.2) is 13.2 Å². The largest absolute Gasteiger partial charge is 0.378 e. The molecule has 0 radical (unpaired) electrons. The molecule has 3 rings (SSSR count). The fourth-order valence-corrected chi connectivity index (χ4v) is 3.45. The van der Waals surface area contributed by atoms with E-state index in [-0.39, 0.29) is 4.91 Å². The first kappa shape index (κ1) is 21.4. The minimum Gasteiger partial charge on any atom is -0.378 e. The van der Waals surface area contributed by atoms with Crippen LogP contribution in [0.15, 0.2) is 41.3 Å². The molecule has 6 nitrogen and oxygen atoms in total. The molecule has 0 bridgehead atoms. The van der Waals surface area contributed by atoms with Gasteiger partial charge in [0.25, 0.3) is 11.1 Å². The lowest BCUT2D eigenvalue weighted by molar-refractivity contribution is -0.127. The van der Waals surface area contributed by atoms with Crippen molar-refractivity contribution in [3.8, 4) is 0 Å².